The average molecular weight is 333 g/mol. The molecule has 1 aliphatic rings. The molecule has 0 atom stereocenters. The maximum absolute atomic E-state index is 12.4. The highest BCUT2D eigenvalue weighted by molar-refractivity contribution is 5.83. The van der Waals surface area contributed by atoms with Crippen molar-refractivity contribution in [2.45, 2.75) is 52.5 Å². The molecule has 0 aromatic heterocycles. The first-order valence-corrected chi connectivity index (χ1v) is 9.10. The molecule has 0 saturated carbocycles. The van der Waals surface area contributed by atoms with Crippen molar-refractivity contribution in [3.05, 3.63) is 77.0 Å². The van der Waals surface area contributed by atoms with Crippen molar-refractivity contribution in [2.24, 2.45) is 0 Å². The molecular formula is C23H27NO. The van der Waals surface area contributed by atoms with E-state index in [1.54, 1.807) is 0 Å². The Balaban J connectivity index is 1.73. The maximum atomic E-state index is 12.4. The summed E-state index contributed by atoms with van der Waals surface area (Å²) in [6.45, 7) is 10.7. The molecule has 0 unspecified atom stereocenters. The second kappa shape index (κ2) is 7.26. The predicted molar refractivity (Wildman–Crippen MR) is 105 cm³/mol. The van der Waals surface area contributed by atoms with E-state index in [-0.39, 0.29) is 5.78 Å². The molecule has 0 aliphatic carbocycles. The summed E-state index contributed by atoms with van der Waals surface area (Å²) in [5.41, 5.74) is 7.21. The van der Waals surface area contributed by atoms with Gasteiger partial charge in [0, 0.05) is 30.3 Å². The number of carbonyl (C=O) groups is 1. The van der Waals surface area contributed by atoms with E-state index in [9.17, 15) is 4.79 Å². The molecule has 3 rings (SSSR count). The Bertz CT molecular complexity index is 786. The highest BCUT2D eigenvalue weighted by Gasteiger charge is 2.22. The number of hydrogen-bond acceptors (Lipinski definition) is 2. The predicted octanol–water partition coefficient (Wildman–Crippen LogP) is 5.02. The molecule has 130 valence electrons. The fourth-order valence-corrected chi connectivity index (χ4v) is 3.62. The van der Waals surface area contributed by atoms with Crippen LogP contribution in [0.1, 0.15) is 42.5 Å². The first-order valence-electron chi connectivity index (χ1n) is 9.10. The van der Waals surface area contributed by atoms with E-state index < -0.39 is 0 Å². The van der Waals surface area contributed by atoms with E-state index in [1.807, 2.05) is 12.1 Å². The lowest BCUT2D eigenvalue weighted by Gasteiger charge is -2.36. The van der Waals surface area contributed by atoms with Crippen LogP contribution in [0, 0.1) is 6.92 Å². The van der Waals surface area contributed by atoms with Gasteiger partial charge >= 0.3 is 0 Å². The van der Waals surface area contributed by atoms with Gasteiger partial charge in [-0.3, -0.25) is 4.79 Å². The summed E-state index contributed by atoms with van der Waals surface area (Å²) in [5, 5.41) is 0. The van der Waals surface area contributed by atoms with Crippen LogP contribution in [0.25, 0.3) is 0 Å². The Kier molecular flexibility index (Phi) is 5.08. The fourth-order valence-electron chi connectivity index (χ4n) is 3.62. The Hall–Kier alpha value is -2.35. The van der Waals surface area contributed by atoms with E-state index >= 15 is 0 Å². The number of ketones is 1. The van der Waals surface area contributed by atoms with Crippen LogP contribution in [-0.4, -0.2) is 11.8 Å². The number of anilines is 1. The first-order chi connectivity index (χ1) is 11.9. The number of fused-ring (bicyclic) bond motifs is 1. The zero-order valence-corrected chi connectivity index (χ0v) is 15.5. The summed E-state index contributed by atoms with van der Waals surface area (Å²) in [5.74, 6) is 0.268. The van der Waals surface area contributed by atoms with Gasteiger partial charge in [0.25, 0.3) is 0 Å². The standard InChI is InChI=1S/C23H27NO/c1-16(2)24-18(4)7-11-21-13-20(10-12-23(21)24)15-22(25)14-19-8-5-17(3)6-9-19/h5-6,8-10,12-13,16H,4,7,11,14-15H2,1-3H3. The molecule has 0 fully saturated rings. The average Bonchev–Trinajstić information content (AvgIpc) is 2.56. The van der Waals surface area contributed by atoms with Crippen LogP contribution in [0.4, 0.5) is 5.69 Å². The number of Topliss-reactive ketones (excluding diaryl/α,β-unsaturated/α-hetero) is 1. The van der Waals surface area contributed by atoms with E-state index in [4.69, 9.17) is 0 Å². The molecule has 1 aliphatic heterocycles. The first kappa shape index (κ1) is 17.5. The van der Waals surface area contributed by atoms with Crippen LogP contribution in [0.5, 0.6) is 0 Å². The highest BCUT2D eigenvalue weighted by Crippen LogP contribution is 2.34. The Morgan fingerprint density at radius 3 is 2.36 bits per heavy atom. The monoisotopic (exact) mass is 333 g/mol. The van der Waals surface area contributed by atoms with E-state index in [0.29, 0.717) is 18.9 Å². The van der Waals surface area contributed by atoms with E-state index in [0.717, 1.165) is 24.0 Å². The van der Waals surface area contributed by atoms with Gasteiger partial charge in [-0.25, -0.2) is 0 Å². The lowest BCUT2D eigenvalue weighted by atomic mass is 9.94. The minimum Gasteiger partial charge on any atom is -0.343 e. The topological polar surface area (TPSA) is 20.3 Å². The van der Waals surface area contributed by atoms with E-state index in [2.05, 4.69) is 62.6 Å². The van der Waals surface area contributed by atoms with Crippen LogP contribution in [0.3, 0.4) is 0 Å². The van der Waals surface area contributed by atoms with Crippen LogP contribution >= 0.6 is 0 Å². The Morgan fingerprint density at radius 1 is 1.04 bits per heavy atom. The molecule has 0 spiro atoms. The van der Waals surface area contributed by atoms with Gasteiger partial charge in [-0.05, 0) is 56.4 Å². The van der Waals surface area contributed by atoms with Crippen molar-refractivity contribution in [2.75, 3.05) is 4.90 Å². The molecule has 0 bridgehead atoms. The molecule has 0 N–H and O–H groups in total. The summed E-state index contributed by atoms with van der Waals surface area (Å²) < 4.78 is 0. The molecule has 2 aromatic rings. The maximum Gasteiger partial charge on any atom is 0.141 e. The van der Waals surface area contributed by atoms with Gasteiger partial charge in [0.05, 0.1) is 0 Å². The number of hydrogen-bond donors (Lipinski definition) is 0. The smallest absolute Gasteiger partial charge is 0.141 e. The number of allylic oxidation sites excluding steroid dienone is 1. The van der Waals surface area contributed by atoms with Crippen molar-refractivity contribution in [3.63, 3.8) is 0 Å². The van der Waals surface area contributed by atoms with Crippen molar-refractivity contribution in [1.82, 2.24) is 0 Å². The number of nitrogens with zero attached hydrogens (tertiary/aromatic N) is 1. The van der Waals surface area contributed by atoms with Crippen molar-refractivity contribution >= 4 is 11.5 Å². The second-order valence-corrected chi connectivity index (χ2v) is 7.37. The molecule has 2 heteroatoms. The van der Waals surface area contributed by atoms with Gasteiger partial charge < -0.3 is 4.90 Å². The van der Waals surface area contributed by atoms with Crippen LogP contribution in [-0.2, 0) is 24.1 Å². The lowest BCUT2D eigenvalue weighted by molar-refractivity contribution is -0.117. The van der Waals surface area contributed by atoms with Crippen LogP contribution < -0.4 is 4.90 Å². The van der Waals surface area contributed by atoms with Gasteiger partial charge in [-0.2, -0.15) is 0 Å². The van der Waals surface area contributed by atoms with Crippen molar-refractivity contribution in [1.29, 1.82) is 0 Å². The number of rotatable bonds is 5. The Morgan fingerprint density at radius 2 is 1.68 bits per heavy atom. The normalized spacial score (nSPS) is 13.9. The Labute approximate surface area is 151 Å². The molecule has 0 amide bonds. The molecule has 25 heavy (non-hydrogen) atoms. The van der Waals surface area contributed by atoms with Crippen LogP contribution in [0.2, 0.25) is 0 Å². The fraction of sp³-hybridized carbons (Fsp3) is 0.348. The largest absolute Gasteiger partial charge is 0.343 e. The molecule has 0 radical (unpaired) electrons. The molecule has 0 saturated heterocycles. The van der Waals surface area contributed by atoms with Gasteiger partial charge in [-0.15, -0.1) is 0 Å². The minimum atomic E-state index is 0.268. The molecular weight excluding hydrogens is 306 g/mol. The summed E-state index contributed by atoms with van der Waals surface area (Å²) >= 11 is 0. The number of aryl methyl sites for hydroxylation is 2. The van der Waals surface area contributed by atoms with Crippen molar-refractivity contribution in [3.8, 4) is 0 Å². The number of benzene rings is 2. The third-order valence-electron chi connectivity index (χ3n) is 4.87. The SMILES string of the molecule is C=C1CCc2cc(CC(=O)Cc3ccc(C)cc3)ccc2N1C(C)C. The zero-order chi connectivity index (χ0) is 18.0. The summed E-state index contributed by atoms with van der Waals surface area (Å²) in [4.78, 5) is 14.8. The molecule has 2 aromatic carbocycles. The third kappa shape index (κ3) is 4.01. The summed E-state index contributed by atoms with van der Waals surface area (Å²) in [7, 11) is 0. The van der Waals surface area contributed by atoms with Gasteiger partial charge in [-0.1, -0.05) is 48.5 Å². The van der Waals surface area contributed by atoms with E-state index in [1.165, 1.54) is 22.5 Å². The third-order valence-corrected chi connectivity index (χ3v) is 4.87. The van der Waals surface area contributed by atoms with Crippen molar-refractivity contribution < 1.29 is 4.79 Å². The highest BCUT2D eigenvalue weighted by atomic mass is 16.1. The zero-order valence-electron chi connectivity index (χ0n) is 15.5. The minimum absolute atomic E-state index is 0.268. The quantitative estimate of drug-likeness (QED) is 0.765. The lowest BCUT2D eigenvalue weighted by Crippen LogP contribution is -2.33. The van der Waals surface area contributed by atoms with Gasteiger partial charge in [0.2, 0.25) is 0 Å². The van der Waals surface area contributed by atoms with Gasteiger partial charge in [0.1, 0.15) is 5.78 Å². The summed E-state index contributed by atoms with van der Waals surface area (Å²) in [6.07, 6.45) is 3.01. The van der Waals surface area contributed by atoms with Gasteiger partial charge in [0.15, 0.2) is 0 Å². The molecule has 1 heterocycles. The number of carbonyl (C=O) groups excluding carboxylic acids is 1. The molecule has 2 nitrogen and oxygen atoms in total. The van der Waals surface area contributed by atoms with Crippen LogP contribution in [0.15, 0.2) is 54.7 Å². The summed E-state index contributed by atoms with van der Waals surface area (Å²) in [6, 6.07) is 15.1. The second-order valence-electron chi connectivity index (χ2n) is 7.37.